The molecule has 0 saturated heterocycles. The van der Waals surface area contributed by atoms with Gasteiger partial charge >= 0.3 is 0 Å². The summed E-state index contributed by atoms with van der Waals surface area (Å²) in [6.07, 6.45) is 3.79. The summed E-state index contributed by atoms with van der Waals surface area (Å²) < 4.78 is 0. The highest BCUT2D eigenvalue weighted by Crippen LogP contribution is 2.43. The SMILES string of the molecule is C=CCN(C(=O)CCl)C1=C(C)C(C)(C)CC1. The Bertz CT molecular complexity index is 331. The molecule has 0 heterocycles. The normalized spacial score (nSPS) is 18.8. The van der Waals surface area contributed by atoms with Crippen molar-refractivity contribution in [1.29, 1.82) is 0 Å². The van der Waals surface area contributed by atoms with Crippen molar-refractivity contribution >= 4 is 17.5 Å². The summed E-state index contributed by atoms with van der Waals surface area (Å²) in [4.78, 5) is 13.5. The van der Waals surface area contributed by atoms with Gasteiger partial charge in [0, 0.05) is 12.2 Å². The molecule has 0 aromatic rings. The first-order chi connectivity index (χ1) is 7.44. The quantitative estimate of drug-likeness (QED) is 0.546. The Morgan fingerprint density at radius 1 is 1.62 bits per heavy atom. The van der Waals surface area contributed by atoms with Crippen molar-refractivity contribution < 1.29 is 4.79 Å². The lowest BCUT2D eigenvalue weighted by atomic mass is 9.87. The van der Waals surface area contributed by atoms with E-state index in [0.29, 0.717) is 6.54 Å². The van der Waals surface area contributed by atoms with E-state index in [1.54, 1.807) is 11.0 Å². The maximum Gasteiger partial charge on any atom is 0.241 e. The molecule has 0 aromatic heterocycles. The molecule has 0 unspecified atom stereocenters. The Morgan fingerprint density at radius 2 is 2.25 bits per heavy atom. The molecule has 0 aromatic carbocycles. The van der Waals surface area contributed by atoms with Crippen LogP contribution in [0.3, 0.4) is 0 Å². The number of alkyl halides is 1. The number of carbonyl (C=O) groups is 1. The van der Waals surface area contributed by atoms with E-state index in [9.17, 15) is 4.79 Å². The number of halogens is 1. The second-order valence-electron chi connectivity index (χ2n) is 4.88. The van der Waals surface area contributed by atoms with Crippen molar-refractivity contribution in [1.82, 2.24) is 4.90 Å². The van der Waals surface area contributed by atoms with Crippen LogP contribution >= 0.6 is 11.6 Å². The number of rotatable bonds is 4. The van der Waals surface area contributed by atoms with E-state index >= 15 is 0 Å². The van der Waals surface area contributed by atoms with Crippen LogP contribution < -0.4 is 0 Å². The molecular formula is C13H20ClNO. The molecular weight excluding hydrogens is 222 g/mol. The first-order valence-corrected chi connectivity index (χ1v) is 6.15. The van der Waals surface area contributed by atoms with Gasteiger partial charge in [-0.2, -0.15) is 0 Å². The molecule has 1 amide bonds. The lowest BCUT2D eigenvalue weighted by Crippen LogP contribution is -2.31. The molecule has 0 saturated carbocycles. The molecule has 3 heteroatoms. The highest BCUT2D eigenvalue weighted by molar-refractivity contribution is 6.27. The maximum absolute atomic E-state index is 11.8. The fourth-order valence-corrected chi connectivity index (χ4v) is 2.24. The molecule has 90 valence electrons. The third kappa shape index (κ3) is 2.49. The van der Waals surface area contributed by atoms with Gasteiger partial charge in [0.1, 0.15) is 5.88 Å². The average molecular weight is 242 g/mol. The van der Waals surface area contributed by atoms with E-state index in [-0.39, 0.29) is 17.2 Å². The number of hydrogen-bond acceptors (Lipinski definition) is 1. The van der Waals surface area contributed by atoms with Gasteiger partial charge in [0.25, 0.3) is 0 Å². The van der Waals surface area contributed by atoms with Crippen molar-refractivity contribution in [3.05, 3.63) is 23.9 Å². The van der Waals surface area contributed by atoms with E-state index in [1.807, 2.05) is 0 Å². The topological polar surface area (TPSA) is 20.3 Å². The summed E-state index contributed by atoms with van der Waals surface area (Å²) in [5.74, 6) is -0.000902. The smallest absolute Gasteiger partial charge is 0.241 e. The van der Waals surface area contributed by atoms with Gasteiger partial charge in [-0.05, 0) is 30.8 Å². The summed E-state index contributed by atoms with van der Waals surface area (Å²) >= 11 is 5.63. The van der Waals surface area contributed by atoms with Crippen LogP contribution in [0, 0.1) is 5.41 Å². The van der Waals surface area contributed by atoms with Crippen molar-refractivity contribution in [2.45, 2.75) is 33.6 Å². The van der Waals surface area contributed by atoms with Crippen LogP contribution in [-0.4, -0.2) is 23.2 Å². The van der Waals surface area contributed by atoms with Crippen LogP contribution in [0.15, 0.2) is 23.9 Å². The largest absolute Gasteiger partial charge is 0.311 e. The van der Waals surface area contributed by atoms with Crippen molar-refractivity contribution in [2.24, 2.45) is 5.41 Å². The number of hydrogen-bond donors (Lipinski definition) is 0. The predicted octanol–water partition coefficient (Wildman–Crippen LogP) is 3.33. The lowest BCUT2D eigenvalue weighted by molar-refractivity contribution is -0.126. The van der Waals surface area contributed by atoms with Crippen LogP contribution in [0.25, 0.3) is 0 Å². The van der Waals surface area contributed by atoms with Crippen LogP contribution in [0.5, 0.6) is 0 Å². The van der Waals surface area contributed by atoms with Gasteiger partial charge in [0.15, 0.2) is 0 Å². The molecule has 1 aliphatic carbocycles. The molecule has 0 fully saturated rings. The Balaban J connectivity index is 3.00. The van der Waals surface area contributed by atoms with E-state index in [0.717, 1.165) is 18.5 Å². The van der Waals surface area contributed by atoms with E-state index in [1.165, 1.54) is 5.57 Å². The zero-order valence-corrected chi connectivity index (χ0v) is 11.1. The van der Waals surface area contributed by atoms with Crippen LogP contribution in [-0.2, 0) is 4.79 Å². The van der Waals surface area contributed by atoms with Gasteiger partial charge < -0.3 is 4.90 Å². The molecule has 0 N–H and O–H groups in total. The van der Waals surface area contributed by atoms with Gasteiger partial charge in [-0.1, -0.05) is 19.9 Å². The summed E-state index contributed by atoms with van der Waals surface area (Å²) in [5, 5.41) is 0. The van der Waals surface area contributed by atoms with Gasteiger partial charge in [-0.25, -0.2) is 0 Å². The molecule has 1 aliphatic rings. The average Bonchev–Trinajstić information content (AvgIpc) is 2.51. The summed E-state index contributed by atoms with van der Waals surface area (Å²) in [6, 6.07) is 0. The number of allylic oxidation sites excluding steroid dienone is 2. The summed E-state index contributed by atoms with van der Waals surface area (Å²) in [6.45, 7) is 10.8. The van der Waals surface area contributed by atoms with Crippen molar-refractivity contribution in [2.75, 3.05) is 12.4 Å². The van der Waals surface area contributed by atoms with E-state index in [2.05, 4.69) is 27.4 Å². The number of amides is 1. The molecule has 2 nitrogen and oxygen atoms in total. The van der Waals surface area contributed by atoms with Gasteiger partial charge in [0.05, 0.1) is 0 Å². The molecule has 0 atom stereocenters. The van der Waals surface area contributed by atoms with Gasteiger partial charge in [-0.3, -0.25) is 4.79 Å². The monoisotopic (exact) mass is 241 g/mol. The Morgan fingerprint density at radius 3 is 2.62 bits per heavy atom. The molecule has 0 spiro atoms. The van der Waals surface area contributed by atoms with Crippen LogP contribution in [0.4, 0.5) is 0 Å². The zero-order chi connectivity index (χ0) is 12.3. The van der Waals surface area contributed by atoms with Gasteiger partial charge in [-0.15, -0.1) is 18.2 Å². The third-order valence-electron chi connectivity index (χ3n) is 3.49. The molecule has 16 heavy (non-hydrogen) atoms. The molecule has 1 rings (SSSR count). The predicted molar refractivity (Wildman–Crippen MR) is 68.3 cm³/mol. The molecule has 0 bridgehead atoms. The molecule has 0 radical (unpaired) electrons. The lowest BCUT2D eigenvalue weighted by Gasteiger charge is -2.24. The van der Waals surface area contributed by atoms with E-state index in [4.69, 9.17) is 11.6 Å². The Labute approximate surface area is 103 Å². The first-order valence-electron chi connectivity index (χ1n) is 5.61. The second kappa shape index (κ2) is 5.05. The van der Waals surface area contributed by atoms with Crippen LogP contribution in [0.2, 0.25) is 0 Å². The summed E-state index contributed by atoms with van der Waals surface area (Å²) in [5.41, 5.74) is 2.63. The minimum atomic E-state index is -0.0337. The minimum absolute atomic E-state index is 0.0328. The van der Waals surface area contributed by atoms with Crippen molar-refractivity contribution in [3.63, 3.8) is 0 Å². The Kier molecular flexibility index (Phi) is 4.20. The third-order valence-corrected chi connectivity index (χ3v) is 3.72. The minimum Gasteiger partial charge on any atom is -0.311 e. The van der Waals surface area contributed by atoms with E-state index < -0.39 is 0 Å². The highest BCUT2D eigenvalue weighted by Gasteiger charge is 2.33. The van der Waals surface area contributed by atoms with Gasteiger partial charge in [0.2, 0.25) is 5.91 Å². The highest BCUT2D eigenvalue weighted by atomic mass is 35.5. The van der Waals surface area contributed by atoms with Crippen LogP contribution in [0.1, 0.15) is 33.6 Å². The Hall–Kier alpha value is -0.760. The summed E-state index contributed by atoms with van der Waals surface area (Å²) in [7, 11) is 0. The fourth-order valence-electron chi connectivity index (χ4n) is 2.10. The zero-order valence-electron chi connectivity index (χ0n) is 10.3. The number of nitrogens with zero attached hydrogens (tertiary/aromatic N) is 1. The second-order valence-corrected chi connectivity index (χ2v) is 5.15. The first kappa shape index (κ1) is 13.3. The number of carbonyl (C=O) groups excluding carboxylic acids is 1. The molecule has 0 aliphatic heterocycles. The standard InChI is InChI=1S/C13H20ClNO/c1-5-8-15(12(16)9-14)11-6-7-13(3,4)10(11)2/h5H,1,6-9H2,2-4H3. The fraction of sp³-hybridized carbons (Fsp3) is 0.615. The maximum atomic E-state index is 11.8. The van der Waals surface area contributed by atoms with Crippen molar-refractivity contribution in [3.8, 4) is 0 Å².